The molecule has 4 rings (SSSR count). The number of aryl methyl sites for hydroxylation is 1. The van der Waals surface area contributed by atoms with Gasteiger partial charge in [-0.3, -0.25) is 9.48 Å². The fourth-order valence-corrected chi connectivity index (χ4v) is 4.54. The maximum absolute atomic E-state index is 13.0. The minimum absolute atomic E-state index is 0.0244. The van der Waals surface area contributed by atoms with Gasteiger partial charge < -0.3 is 14.5 Å². The quantitative estimate of drug-likeness (QED) is 0.244. The number of nitrogens with zero attached hydrogens (tertiary/aromatic N) is 2. The van der Waals surface area contributed by atoms with Gasteiger partial charge in [-0.25, -0.2) is 0 Å². The normalized spacial score (nSPS) is 11.6. The average molecular weight is 573 g/mol. The summed E-state index contributed by atoms with van der Waals surface area (Å²) in [6.45, 7) is 3.46. The third kappa shape index (κ3) is 6.23. The highest BCUT2D eigenvalue weighted by molar-refractivity contribution is 6.40. The number of anilines is 1. The first kappa shape index (κ1) is 26.9. The van der Waals surface area contributed by atoms with Crippen LogP contribution in [0.5, 0.6) is 5.75 Å². The lowest BCUT2D eigenvalue weighted by Crippen LogP contribution is -2.13. The van der Waals surface area contributed by atoms with Crippen molar-refractivity contribution in [2.24, 2.45) is 0 Å². The van der Waals surface area contributed by atoms with Gasteiger partial charge in [-0.1, -0.05) is 46.9 Å². The first-order chi connectivity index (χ1) is 17.4. The molecule has 12 heteroatoms. The van der Waals surface area contributed by atoms with Crippen LogP contribution in [0.2, 0.25) is 15.1 Å². The minimum atomic E-state index is -4.44. The second-order valence-electron chi connectivity index (χ2n) is 8.11. The molecule has 0 bridgehead atoms. The number of furan rings is 1. The van der Waals surface area contributed by atoms with Gasteiger partial charge in [0.05, 0.1) is 39.2 Å². The van der Waals surface area contributed by atoms with E-state index < -0.39 is 17.6 Å². The van der Waals surface area contributed by atoms with Crippen molar-refractivity contribution in [3.63, 3.8) is 0 Å². The highest BCUT2D eigenvalue weighted by atomic mass is 35.5. The number of rotatable bonds is 7. The summed E-state index contributed by atoms with van der Waals surface area (Å²) < 4.78 is 51.9. The summed E-state index contributed by atoms with van der Waals surface area (Å²) in [5, 5.41) is 7.95. The third-order valence-corrected chi connectivity index (χ3v) is 6.19. The molecular weight excluding hydrogens is 554 g/mol. The summed E-state index contributed by atoms with van der Waals surface area (Å²) in [5.41, 5.74) is 1.20. The number of nitrogens with one attached hydrogen (secondary N) is 1. The fourth-order valence-electron chi connectivity index (χ4n) is 3.61. The monoisotopic (exact) mass is 571 g/mol. The molecule has 0 radical (unpaired) electrons. The highest BCUT2D eigenvalue weighted by Gasteiger charge is 2.30. The number of halogens is 6. The Balaban J connectivity index is 1.44. The second-order valence-corrected chi connectivity index (χ2v) is 9.36. The van der Waals surface area contributed by atoms with E-state index in [1.54, 1.807) is 26.0 Å². The number of hydrogen-bond donors (Lipinski definition) is 1. The van der Waals surface area contributed by atoms with Crippen molar-refractivity contribution in [3.05, 3.63) is 97.6 Å². The lowest BCUT2D eigenvalue weighted by molar-refractivity contribution is -0.137. The van der Waals surface area contributed by atoms with E-state index in [0.29, 0.717) is 33.4 Å². The number of alkyl halides is 3. The van der Waals surface area contributed by atoms with Crippen LogP contribution in [-0.2, 0) is 19.3 Å². The topological polar surface area (TPSA) is 69.3 Å². The lowest BCUT2D eigenvalue weighted by atomic mass is 10.1. The standard InChI is InChI=1S/C25H19Cl3F3N3O3/c1-13-22(14(2)34(33-13)11-15-4-3-5-16(8-15)25(29,30)31)32-24(35)21-7-6-18(37-21)12-36-23-19(27)9-17(26)10-20(23)28/h3-10H,11-12H2,1-2H3,(H,32,35). The molecule has 2 aromatic carbocycles. The van der Waals surface area contributed by atoms with Crippen LogP contribution in [-0.4, -0.2) is 15.7 Å². The van der Waals surface area contributed by atoms with Crippen LogP contribution in [0.4, 0.5) is 18.9 Å². The average Bonchev–Trinajstić information content (AvgIpc) is 3.38. The molecule has 1 amide bonds. The Morgan fingerprint density at radius 1 is 1.08 bits per heavy atom. The Kier molecular flexibility index (Phi) is 7.77. The number of carbonyl (C=O) groups is 1. The highest BCUT2D eigenvalue weighted by Crippen LogP contribution is 2.36. The third-order valence-electron chi connectivity index (χ3n) is 5.41. The Labute approximate surface area is 224 Å². The summed E-state index contributed by atoms with van der Waals surface area (Å²) in [7, 11) is 0. The molecule has 0 unspecified atom stereocenters. The molecule has 4 aromatic rings. The fraction of sp³-hybridized carbons (Fsp3) is 0.200. The van der Waals surface area contributed by atoms with Gasteiger partial charge in [0, 0.05) is 5.02 Å². The minimum Gasteiger partial charge on any atom is -0.483 e. The first-order valence-corrected chi connectivity index (χ1v) is 11.9. The Morgan fingerprint density at radius 3 is 2.46 bits per heavy atom. The molecule has 0 saturated carbocycles. The summed E-state index contributed by atoms with van der Waals surface area (Å²) in [6.07, 6.45) is -4.44. The predicted octanol–water partition coefficient (Wildman–Crippen LogP) is 7.95. The molecule has 0 atom stereocenters. The van der Waals surface area contributed by atoms with Crippen molar-refractivity contribution < 1.29 is 27.1 Å². The molecule has 0 aliphatic rings. The van der Waals surface area contributed by atoms with Gasteiger partial charge in [-0.15, -0.1) is 0 Å². The van der Waals surface area contributed by atoms with Crippen LogP contribution < -0.4 is 10.1 Å². The summed E-state index contributed by atoms with van der Waals surface area (Å²) in [4.78, 5) is 12.8. The molecule has 2 aromatic heterocycles. The van der Waals surface area contributed by atoms with Crippen LogP contribution in [0, 0.1) is 13.8 Å². The largest absolute Gasteiger partial charge is 0.483 e. The molecule has 194 valence electrons. The molecule has 0 spiro atoms. The zero-order valence-electron chi connectivity index (χ0n) is 19.4. The van der Waals surface area contributed by atoms with E-state index in [1.807, 2.05) is 0 Å². The van der Waals surface area contributed by atoms with Crippen molar-refractivity contribution in [1.82, 2.24) is 9.78 Å². The molecule has 6 nitrogen and oxygen atoms in total. The Morgan fingerprint density at radius 2 is 1.78 bits per heavy atom. The summed E-state index contributed by atoms with van der Waals surface area (Å²) in [5.74, 6) is 0.0745. The predicted molar refractivity (Wildman–Crippen MR) is 135 cm³/mol. The van der Waals surface area contributed by atoms with Gasteiger partial charge >= 0.3 is 6.18 Å². The van der Waals surface area contributed by atoms with Gasteiger partial charge in [0.2, 0.25) is 0 Å². The van der Waals surface area contributed by atoms with Crippen molar-refractivity contribution in [2.45, 2.75) is 33.2 Å². The number of ether oxygens (including phenoxy) is 1. The van der Waals surface area contributed by atoms with Crippen molar-refractivity contribution >= 4 is 46.4 Å². The zero-order chi connectivity index (χ0) is 26.9. The molecule has 37 heavy (non-hydrogen) atoms. The van der Waals surface area contributed by atoms with Crippen molar-refractivity contribution in [2.75, 3.05) is 5.32 Å². The zero-order valence-corrected chi connectivity index (χ0v) is 21.7. The number of benzene rings is 2. The van der Waals surface area contributed by atoms with Crippen molar-refractivity contribution in [3.8, 4) is 5.75 Å². The van der Waals surface area contributed by atoms with Gasteiger partial charge in [-0.05, 0) is 55.8 Å². The molecular formula is C25H19Cl3F3N3O3. The van der Waals surface area contributed by atoms with E-state index in [9.17, 15) is 18.0 Å². The van der Waals surface area contributed by atoms with Gasteiger partial charge in [0.25, 0.3) is 5.91 Å². The molecule has 2 heterocycles. The molecule has 1 N–H and O–H groups in total. The second kappa shape index (κ2) is 10.7. The Hall–Kier alpha value is -3.14. The van der Waals surface area contributed by atoms with Gasteiger partial charge in [0.1, 0.15) is 12.4 Å². The maximum atomic E-state index is 13.0. The first-order valence-electron chi connectivity index (χ1n) is 10.8. The van der Waals surface area contributed by atoms with Gasteiger partial charge in [-0.2, -0.15) is 18.3 Å². The molecule has 0 aliphatic carbocycles. The number of amides is 1. The van der Waals surface area contributed by atoms with Crippen LogP contribution in [0.1, 0.15) is 38.8 Å². The number of hydrogen-bond acceptors (Lipinski definition) is 4. The summed E-state index contributed by atoms with van der Waals surface area (Å²) in [6, 6.07) is 11.1. The van der Waals surface area contributed by atoms with E-state index in [2.05, 4.69) is 10.4 Å². The Bertz CT molecular complexity index is 1440. The SMILES string of the molecule is Cc1nn(Cc2cccc(C(F)(F)F)c2)c(C)c1NC(=O)c1ccc(COc2c(Cl)cc(Cl)cc2Cl)o1. The van der Waals surface area contributed by atoms with Crippen LogP contribution in [0.25, 0.3) is 0 Å². The summed E-state index contributed by atoms with van der Waals surface area (Å²) >= 11 is 18.1. The van der Waals surface area contributed by atoms with E-state index >= 15 is 0 Å². The lowest BCUT2D eigenvalue weighted by Gasteiger charge is -2.10. The van der Waals surface area contributed by atoms with Crippen LogP contribution in [0.15, 0.2) is 52.9 Å². The van der Waals surface area contributed by atoms with E-state index in [1.165, 1.54) is 28.9 Å². The van der Waals surface area contributed by atoms with Crippen LogP contribution in [0.3, 0.4) is 0 Å². The van der Waals surface area contributed by atoms with E-state index in [-0.39, 0.29) is 34.7 Å². The van der Waals surface area contributed by atoms with Crippen molar-refractivity contribution in [1.29, 1.82) is 0 Å². The number of aromatic nitrogens is 2. The number of carbonyl (C=O) groups excluding carboxylic acids is 1. The van der Waals surface area contributed by atoms with E-state index in [0.717, 1.165) is 12.1 Å². The molecule has 0 aliphatic heterocycles. The van der Waals surface area contributed by atoms with E-state index in [4.69, 9.17) is 44.0 Å². The smallest absolute Gasteiger partial charge is 0.416 e. The molecule has 0 saturated heterocycles. The maximum Gasteiger partial charge on any atom is 0.416 e. The van der Waals surface area contributed by atoms with Gasteiger partial charge in [0.15, 0.2) is 11.5 Å². The van der Waals surface area contributed by atoms with Crippen LogP contribution >= 0.6 is 34.8 Å². The molecule has 0 fully saturated rings.